The van der Waals surface area contributed by atoms with E-state index in [4.69, 9.17) is 0 Å². The molecule has 2 rings (SSSR count). The molecule has 1 fully saturated rings. The molecule has 3 unspecified atom stereocenters. The number of fused-ring (bicyclic) bond motifs is 1. The molecule has 0 spiro atoms. The van der Waals surface area contributed by atoms with Crippen LogP contribution in [0.3, 0.4) is 0 Å². The molecule has 1 N–H and O–H groups in total. The summed E-state index contributed by atoms with van der Waals surface area (Å²) in [6.45, 7) is 3.39. The predicted octanol–water partition coefficient (Wildman–Crippen LogP) is 1.41. The lowest BCUT2D eigenvalue weighted by atomic mass is 9.81. The number of rotatable bonds is 1. The molecule has 0 aromatic carbocycles. The third-order valence-corrected chi connectivity index (χ3v) is 3.54. The van der Waals surface area contributed by atoms with Crippen LogP contribution >= 0.6 is 0 Å². The van der Waals surface area contributed by atoms with Gasteiger partial charge < -0.3 is 5.32 Å². The standard InChI is InChI=1S/C12H20N2/c1-9-4-5-12-10(8-9)11(13-2)6-7-14(12)3/h4-5,8,10-13H,6-7H2,1-3H3. The van der Waals surface area contributed by atoms with Gasteiger partial charge in [-0.2, -0.15) is 0 Å². The third-order valence-electron chi connectivity index (χ3n) is 3.54. The van der Waals surface area contributed by atoms with E-state index in [2.05, 4.69) is 49.5 Å². The van der Waals surface area contributed by atoms with Crippen LogP contribution in [-0.4, -0.2) is 37.6 Å². The molecule has 1 heterocycles. The molecule has 1 saturated heterocycles. The first kappa shape index (κ1) is 9.94. The van der Waals surface area contributed by atoms with E-state index in [1.165, 1.54) is 18.5 Å². The van der Waals surface area contributed by atoms with E-state index in [1.807, 2.05) is 0 Å². The average molecular weight is 192 g/mol. The summed E-state index contributed by atoms with van der Waals surface area (Å²) in [6.07, 6.45) is 8.27. The third kappa shape index (κ3) is 1.64. The highest BCUT2D eigenvalue weighted by molar-refractivity contribution is 5.27. The Bertz CT molecular complexity index is 267. The second kappa shape index (κ2) is 3.87. The number of likely N-dealkylation sites (tertiary alicyclic amines) is 1. The minimum absolute atomic E-state index is 0.602. The molecule has 3 atom stereocenters. The molecular weight excluding hydrogens is 172 g/mol. The van der Waals surface area contributed by atoms with E-state index in [9.17, 15) is 0 Å². The number of allylic oxidation sites excluding steroid dienone is 2. The minimum Gasteiger partial charge on any atom is -0.316 e. The smallest absolute Gasteiger partial charge is 0.0356 e. The lowest BCUT2D eigenvalue weighted by molar-refractivity contribution is 0.146. The second-order valence-corrected chi connectivity index (χ2v) is 4.50. The Morgan fingerprint density at radius 1 is 1.50 bits per heavy atom. The van der Waals surface area contributed by atoms with Crippen molar-refractivity contribution >= 4 is 0 Å². The number of hydrogen-bond donors (Lipinski definition) is 1. The van der Waals surface area contributed by atoms with Gasteiger partial charge in [0.1, 0.15) is 0 Å². The van der Waals surface area contributed by atoms with Crippen LogP contribution in [0.4, 0.5) is 0 Å². The molecule has 78 valence electrons. The van der Waals surface area contributed by atoms with Crippen LogP contribution in [0.15, 0.2) is 23.8 Å². The Labute approximate surface area is 86.7 Å². The number of likely N-dealkylation sites (N-methyl/N-ethyl adjacent to an activating group) is 1. The summed E-state index contributed by atoms with van der Waals surface area (Å²) in [4.78, 5) is 2.46. The van der Waals surface area contributed by atoms with Crippen molar-refractivity contribution in [2.45, 2.75) is 25.4 Å². The first-order chi connectivity index (χ1) is 6.72. The van der Waals surface area contributed by atoms with Crippen molar-refractivity contribution in [1.29, 1.82) is 0 Å². The molecule has 2 heteroatoms. The fourth-order valence-electron chi connectivity index (χ4n) is 2.65. The predicted molar refractivity (Wildman–Crippen MR) is 60.3 cm³/mol. The number of piperidine rings is 1. The van der Waals surface area contributed by atoms with Crippen molar-refractivity contribution in [1.82, 2.24) is 10.2 Å². The highest BCUT2D eigenvalue weighted by atomic mass is 15.2. The molecule has 0 amide bonds. The lowest BCUT2D eigenvalue weighted by Crippen LogP contribution is -2.52. The molecule has 0 radical (unpaired) electrons. The molecule has 0 bridgehead atoms. The van der Waals surface area contributed by atoms with Crippen LogP contribution in [-0.2, 0) is 0 Å². The highest BCUT2D eigenvalue weighted by Gasteiger charge is 2.33. The van der Waals surface area contributed by atoms with Gasteiger partial charge in [-0.25, -0.2) is 0 Å². The average Bonchev–Trinajstić information content (AvgIpc) is 2.18. The van der Waals surface area contributed by atoms with E-state index in [-0.39, 0.29) is 0 Å². The van der Waals surface area contributed by atoms with Crippen LogP contribution < -0.4 is 5.32 Å². The molecule has 0 aromatic heterocycles. The Kier molecular flexibility index (Phi) is 2.75. The van der Waals surface area contributed by atoms with Crippen molar-refractivity contribution in [2.75, 3.05) is 20.6 Å². The molecule has 2 nitrogen and oxygen atoms in total. The van der Waals surface area contributed by atoms with Gasteiger partial charge in [0.05, 0.1) is 0 Å². The SMILES string of the molecule is CNC1CCN(C)C2C=CC(C)=CC12. The summed E-state index contributed by atoms with van der Waals surface area (Å²) in [6, 6.07) is 1.25. The van der Waals surface area contributed by atoms with Crippen LogP contribution in [0.2, 0.25) is 0 Å². The highest BCUT2D eigenvalue weighted by Crippen LogP contribution is 2.29. The van der Waals surface area contributed by atoms with E-state index in [0.717, 1.165) is 0 Å². The Morgan fingerprint density at radius 2 is 2.29 bits per heavy atom. The van der Waals surface area contributed by atoms with E-state index in [1.54, 1.807) is 0 Å². The summed E-state index contributed by atoms with van der Waals surface area (Å²) in [5, 5.41) is 3.44. The maximum Gasteiger partial charge on any atom is 0.0356 e. The fraction of sp³-hybridized carbons (Fsp3) is 0.667. The van der Waals surface area contributed by atoms with Gasteiger partial charge in [0, 0.05) is 18.0 Å². The maximum absolute atomic E-state index is 3.44. The zero-order chi connectivity index (χ0) is 10.1. The molecular formula is C12H20N2. The molecule has 14 heavy (non-hydrogen) atoms. The monoisotopic (exact) mass is 192 g/mol. The molecule has 0 saturated carbocycles. The summed E-state index contributed by atoms with van der Waals surface area (Å²) in [5.41, 5.74) is 1.40. The van der Waals surface area contributed by atoms with Crippen molar-refractivity contribution in [2.24, 2.45) is 5.92 Å². The van der Waals surface area contributed by atoms with Crippen molar-refractivity contribution in [3.63, 3.8) is 0 Å². The number of nitrogens with zero attached hydrogens (tertiary/aromatic N) is 1. The normalized spacial score (nSPS) is 37.9. The first-order valence-corrected chi connectivity index (χ1v) is 5.46. The van der Waals surface area contributed by atoms with Crippen molar-refractivity contribution < 1.29 is 0 Å². The zero-order valence-electron chi connectivity index (χ0n) is 9.33. The summed E-state index contributed by atoms with van der Waals surface area (Å²) >= 11 is 0. The fourth-order valence-corrected chi connectivity index (χ4v) is 2.65. The molecule has 2 aliphatic rings. The lowest BCUT2D eigenvalue weighted by Gasteiger charge is -2.43. The molecule has 1 aliphatic heterocycles. The van der Waals surface area contributed by atoms with Crippen LogP contribution in [0.5, 0.6) is 0 Å². The summed E-state index contributed by atoms with van der Waals surface area (Å²) < 4.78 is 0. The van der Waals surface area contributed by atoms with E-state index < -0.39 is 0 Å². The minimum atomic E-state index is 0.602. The van der Waals surface area contributed by atoms with Crippen molar-refractivity contribution in [3.8, 4) is 0 Å². The Hall–Kier alpha value is -0.600. The van der Waals surface area contributed by atoms with Gasteiger partial charge in [0.25, 0.3) is 0 Å². The summed E-state index contributed by atoms with van der Waals surface area (Å²) in [7, 11) is 4.30. The first-order valence-electron chi connectivity index (χ1n) is 5.46. The van der Waals surface area contributed by atoms with Crippen molar-refractivity contribution in [3.05, 3.63) is 23.8 Å². The van der Waals surface area contributed by atoms with Crippen LogP contribution in [0.1, 0.15) is 13.3 Å². The largest absolute Gasteiger partial charge is 0.316 e. The topological polar surface area (TPSA) is 15.3 Å². The quantitative estimate of drug-likeness (QED) is 0.676. The second-order valence-electron chi connectivity index (χ2n) is 4.50. The van der Waals surface area contributed by atoms with E-state index in [0.29, 0.717) is 18.0 Å². The number of nitrogens with one attached hydrogen (secondary N) is 1. The van der Waals surface area contributed by atoms with E-state index >= 15 is 0 Å². The van der Waals surface area contributed by atoms with Gasteiger partial charge >= 0.3 is 0 Å². The van der Waals surface area contributed by atoms with Gasteiger partial charge in [0.15, 0.2) is 0 Å². The Morgan fingerprint density at radius 3 is 3.00 bits per heavy atom. The summed E-state index contributed by atoms with van der Waals surface area (Å²) in [5.74, 6) is 0.656. The van der Waals surface area contributed by atoms with Crippen LogP contribution in [0.25, 0.3) is 0 Å². The molecule has 0 aromatic rings. The van der Waals surface area contributed by atoms with Gasteiger partial charge in [-0.15, -0.1) is 0 Å². The molecule has 1 aliphatic carbocycles. The van der Waals surface area contributed by atoms with Gasteiger partial charge in [0.2, 0.25) is 0 Å². The maximum atomic E-state index is 3.44. The zero-order valence-corrected chi connectivity index (χ0v) is 9.33. The van der Waals surface area contributed by atoms with Gasteiger partial charge in [-0.1, -0.05) is 23.8 Å². The van der Waals surface area contributed by atoms with Crippen LogP contribution in [0, 0.1) is 5.92 Å². The Balaban J connectivity index is 2.21. The van der Waals surface area contributed by atoms with Gasteiger partial charge in [-0.05, 0) is 34.0 Å². The number of hydrogen-bond acceptors (Lipinski definition) is 2. The van der Waals surface area contributed by atoms with Gasteiger partial charge in [-0.3, -0.25) is 4.90 Å².